The third-order valence-electron chi connectivity index (χ3n) is 8.84. The fourth-order valence-corrected chi connectivity index (χ4v) is 6.47. The molecule has 3 amide bonds. The Morgan fingerprint density at radius 2 is 0.908 bits per heavy atom. The van der Waals surface area contributed by atoms with Crippen molar-refractivity contribution in [2.24, 2.45) is 0 Å². The van der Waals surface area contributed by atoms with Gasteiger partial charge < -0.3 is 58.6 Å². The second-order valence-electron chi connectivity index (χ2n) is 18.4. The van der Waals surface area contributed by atoms with Crippen molar-refractivity contribution in [1.29, 1.82) is 0 Å². The van der Waals surface area contributed by atoms with Gasteiger partial charge in [0, 0.05) is 31.8 Å². The maximum Gasteiger partial charge on any atom is 0.407 e. The van der Waals surface area contributed by atoms with Gasteiger partial charge in [-0.1, -0.05) is 48.5 Å². The van der Waals surface area contributed by atoms with E-state index < -0.39 is 78.0 Å². The summed E-state index contributed by atoms with van der Waals surface area (Å²) in [5, 5.41) is 8.15. The summed E-state index contributed by atoms with van der Waals surface area (Å²) >= 11 is 0. The number of carbonyl (C=O) groups excluding carboxylic acids is 6. The molecular weight excluding hydrogens is 847 g/mol. The summed E-state index contributed by atoms with van der Waals surface area (Å²) < 4.78 is 49.6. The Morgan fingerprint density at radius 1 is 0.508 bits per heavy atom. The average molecular weight is 916 g/mol. The minimum Gasteiger partial charge on any atom is -0.458 e. The number of amides is 3. The monoisotopic (exact) mass is 915 g/mol. The van der Waals surface area contributed by atoms with Gasteiger partial charge in [0.2, 0.25) is 11.8 Å². The van der Waals surface area contributed by atoms with Crippen LogP contribution in [0.2, 0.25) is 0 Å². The molecule has 0 aromatic heterocycles. The van der Waals surface area contributed by atoms with Crippen LogP contribution in [-0.2, 0) is 66.6 Å². The van der Waals surface area contributed by atoms with E-state index in [2.05, 4.69) is 40.2 Å². The van der Waals surface area contributed by atoms with Crippen molar-refractivity contribution in [1.82, 2.24) is 16.0 Å². The van der Waals surface area contributed by atoms with Gasteiger partial charge in [-0.05, 0) is 84.6 Å². The van der Waals surface area contributed by atoms with Crippen molar-refractivity contribution >= 4 is 35.8 Å². The summed E-state index contributed by atoms with van der Waals surface area (Å²) in [4.78, 5) is 75.7. The molecule has 0 heterocycles. The van der Waals surface area contributed by atoms with E-state index in [1.54, 1.807) is 62.3 Å². The van der Waals surface area contributed by atoms with Gasteiger partial charge in [0.25, 0.3) is 0 Å². The van der Waals surface area contributed by atoms with Crippen LogP contribution in [-0.4, -0.2) is 144 Å². The lowest BCUT2D eigenvalue weighted by molar-refractivity contribution is -0.164. The van der Waals surface area contributed by atoms with Crippen LogP contribution in [0.15, 0.2) is 48.5 Å². The zero-order chi connectivity index (χ0) is 48.1. The van der Waals surface area contributed by atoms with E-state index in [4.69, 9.17) is 42.6 Å². The highest BCUT2D eigenvalue weighted by Gasteiger charge is 2.36. The molecule has 18 nitrogen and oxygen atoms in total. The van der Waals surface area contributed by atoms with Crippen LogP contribution in [0.5, 0.6) is 0 Å². The summed E-state index contributed by atoms with van der Waals surface area (Å²) in [6, 6.07) is 16.2. The SMILES string of the molecule is CC(C)(C)OC(=O)COCC(COCC(=O)OC(C)(C)C)(COCC(=O)OC(C)(C)C)NC(=O)CCC(=O)NCCOCCOCCNC(=O)OCC1c2ccccc2-c2ccccc21. The van der Waals surface area contributed by atoms with Gasteiger partial charge in [-0.3, -0.25) is 9.59 Å². The van der Waals surface area contributed by atoms with E-state index >= 15 is 0 Å². The first-order valence-corrected chi connectivity index (χ1v) is 21.8. The standard InChI is InChI=1S/C47H69N3O15/c1-44(2,3)63-40(53)27-59-30-47(31-60-28-41(54)64-45(4,5)6,32-61-29-42(55)65-46(7,8)9)50-39(52)19-18-38(51)48-20-22-57-24-25-58-23-21-49-43(56)62-26-37-35-16-12-10-14-33(35)34-15-11-13-17-36(34)37/h10-17,37H,18-32H2,1-9H3,(H,48,51)(H,49,56)(H,50,52). The van der Waals surface area contributed by atoms with Crippen LogP contribution in [0.25, 0.3) is 11.1 Å². The zero-order valence-corrected chi connectivity index (χ0v) is 39.4. The third kappa shape index (κ3) is 22.1. The molecule has 0 aliphatic heterocycles. The molecule has 0 atom stereocenters. The van der Waals surface area contributed by atoms with E-state index in [-0.39, 0.29) is 84.7 Å². The van der Waals surface area contributed by atoms with Gasteiger partial charge in [-0.15, -0.1) is 0 Å². The molecule has 0 saturated heterocycles. The number of benzene rings is 2. The Balaban J connectivity index is 1.40. The molecule has 1 aliphatic carbocycles. The summed E-state index contributed by atoms with van der Waals surface area (Å²) in [6.45, 7) is 14.2. The lowest BCUT2D eigenvalue weighted by atomic mass is 9.98. The molecule has 0 unspecified atom stereocenters. The highest BCUT2D eigenvalue weighted by molar-refractivity contribution is 5.84. The quantitative estimate of drug-likeness (QED) is 0.0643. The highest BCUT2D eigenvalue weighted by Crippen LogP contribution is 2.44. The van der Waals surface area contributed by atoms with E-state index in [1.165, 1.54) is 0 Å². The fraction of sp³-hybridized carbons (Fsp3) is 0.617. The lowest BCUT2D eigenvalue weighted by Crippen LogP contribution is -2.59. The minimum atomic E-state index is -1.55. The molecule has 3 rings (SSSR count). The van der Waals surface area contributed by atoms with Crippen molar-refractivity contribution in [2.75, 3.05) is 85.8 Å². The van der Waals surface area contributed by atoms with Crippen molar-refractivity contribution in [3.8, 4) is 11.1 Å². The van der Waals surface area contributed by atoms with Gasteiger partial charge in [-0.2, -0.15) is 0 Å². The van der Waals surface area contributed by atoms with Gasteiger partial charge in [0.15, 0.2) is 0 Å². The van der Waals surface area contributed by atoms with Gasteiger partial charge in [-0.25, -0.2) is 19.2 Å². The summed E-state index contributed by atoms with van der Waals surface area (Å²) in [7, 11) is 0. The van der Waals surface area contributed by atoms with Crippen LogP contribution < -0.4 is 16.0 Å². The second kappa shape index (κ2) is 26.1. The van der Waals surface area contributed by atoms with E-state index in [9.17, 15) is 28.8 Å². The second-order valence-corrected chi connectivity index (χ2v) is 18.4. The number of nitrogens with one attached hydrogen (secondary N) is 3. The normalized spacial score (nSPS) is 12.7. The molecule has 0 saturated carbocycles. The third-order valence-corrected chi connectivity index (χ3v) is 8.84. The largest absolute Gasteiger partial charge is 0.458 e. The lowest BCUT2D eigenvalue weighted by Gasteiger charge is -2.34. The van der Waals surface area contributed by atoms with Crippen LogP contribution in [0, 0.1) is 0 Å². The first kappa shape index (κ1) is 54.2. The molecule has 2 aromatic rings. The molecule has 0 fully saturated rings. The Morgan fingerprint density at radius 3 is 1.34 bits per heavy atom. The first-order chi connectivity index (χ1) is 30.5. The molecular formula is C47H69N3O15. The Kier molecular flexibility index (Phi) is 21.8. The van der Waals surface area contributed by atoms with Crippen molar-refractivity contribution in [3.05, 3.63) is 59.7 Å². The van der Waals surface area contributed by atoms with E-state index in [1.807, 2.05) is 24.3 Å². The number of hydrogen-bond acceptors (Lipinski definition) is 15. The maximum absolute atomic E-state index is 13.3. The number of carbonyl (C=O) groups is 6. The van der Waals surface area contributed by atoms with Gasteiger partial charge in [0.1, 0.15) is 48.8 Å². The number of ether oxygens (including phenoxy) is 9. The predicted molar refractivity (Wildman–Crippen MR) is 238 cm³/mol. The van der Waals surface area contributed by atoms with Crippen LogP contribution in [0.1, 0.15) is 92.2 Å². The van der Waals surface area contributed by atoms with Crippen molar-refractivity contribution in [2.45, 2.75) is 103 Å². The van der Waals surface area contributed by atoms with E-state index in [0.29, 0.717) is 0 Å². The number of rotatable bonds is 27. The fourth-order valence-electron chi connectivity index (χ4n) is 6.47. The number of alkyl carbamates (subject to hydrolysis) is 1. The van der Waals surface area contributed by atoms with Gasteiger partial charge >= 0.3 is 24.0 Å². The average Bonchev–Trinajstić information content (AvgIpc) is 3.51. The smallest absolute Gasteiger partial charge is 0.407 e. The van der Waals surface area contributed by atoms with Crippen molar-refractivity contribution in [3.63, 3.8) is 0 Å². The number of esters is 3. The first-order valence-electron chi connectivity index (χ1n) is 21.8. The Labute approximate surface area is 382 Å². The molecule has 0 bridgehead atoms. The minimum absolute atomic E-state index is 0.0310. The molecule has 0 radical (unpaired) electrons. The molecule has 0 spiro atoms. The van der Waals surface area contributed by atoms with Crippen molar-refractivity contribution < 1.29 is 71.4 Å². The molecule has 65 heavy (non-hydrogen) atoms. The van der Waals surface area contributed by atoms with Gasteiger partial charge in [0.05, 0.1) is 46.2 Å². The number of fused-ring (bicyclic) bond motifs is 3. The molecule has 2 aromatic carbocycles. The Bertz CT molecular complexity index is 1740. The molecule has 362 valence electrons. The summed E-state index contributed by atoms with van der Waals surface area (Å²) in [6.07, 6.45) is -0.994. The highest BCUT2D eigenvalue weighted by atomic mass is 16.6. The van der Waals surface area contributed by atoms with Crippen LogP contribution >= 0.6 is 0 Å². The zero-order valence-electron chi connectivity index (χ0n) is 39.4. The molecule has 3 N–H and O–H groups in total. The molecule has 18 heteroatoms. The summed E-state index contributed by atoms with van der Waals surface area (Å²) in [5.74, 6) is -3.07. The van der Waals surface area contributed by atoms with Crippen LogP contribution in [0.3, 0.4) is 0 Å². The number of hydrogen-bond donors (Lipinski definition) is 3. The topological polar surface area (TPSA) is 222 Å². The predicted octanol–water partition coefficient (Wildman–Crippen LogP) is 4.38. The molecule has 1 aliphatic rings. The maximum atomic E-state index is 13.3. The summed E-state index contributed by atoms with van der Waals surface area (Å²) in [5.41, 5.74) is 0.680. The van der Waals surface area contributed by atoms with Crippen LogP contribution in [0.4, 0.5) is 4.79 Å². The Hall–Kier alpha value is -5.14. The van der Waals surface area contributed by atoms with E-state index in [0.717, 1.165) is 22.3 Å².